The van der Waals surface area contributed by atoms with Crippen LogP contribution >= 0.6 is 0 Å². The number of hydrogen-bond donors (Lipinski definition) is 1. The van der Waals surface area contributed by atoms with Crippen molar-refractivity contribution in [3.05, 3.63) is 24.0 Å². The SMILES string of the molecule is CCCCCC(C)NC(=O)CCc1nc2cc(S(=O)(=O)N(C)C)ccc2n1CC. The van der Waals surface area contributed by atoms with Crippen LogP contribution in [-0.2, 0) is 27.8 Å². The molecule has 0 radical (unpaired) electrons. The number of benzene rings is 1. The summed E-state index contributed by atoms with van der Waals surface area (Å²) in [6, 6.07) is 5.19. The number of fused-ring (bicyclic) bond motifs is 1. The van der Waals surface area contributed by atoms with Crippen molar-refractivity contribution in [2.45, 2.75) is 76.8 Å². The molecule has 0 aliphatic carbocycles. The van der Waals surface area contributed by atoms with E-state index in [9.17, 15) is 13.2 Å². The summed E-state index contributed by atoms with van der Waals surface area (Å²) >= 11 is 0. The number of nitrogens with zero attached hydrogens (tertiary/aromatic N) is 3. The quantitative estimate of drug-likeness (QED) is 0.563. The number of unbranched alkanes of at least 4 members (excludes halogenated alkanes) is 2. The molecular formula is C21H34N4O3S. The molecule has 0 spiro atoms. The molecule has 1 atom stereocenters. The lowest BCUT2D eigenvalue weighted by Crippen LogP contribution is -2.32. The van der Waals surface area contributed by atoms with Crippen LogP contribution in [0.4, 0.5) is 0 Å². The molecular weight excluding hydrogens is 388 g/mol. The van der Waals surface area contributed by atoms with Gasteiger partial charge in [0.25, 0.3) is 0 Å². The molecule has 1 N–H and O–H groups in total. The minimum atomic E-state index is -3.51. The Balaban J connectivity index is 2.12. The Labute approximate surface area is 174 Å². The van der Waals surface area contributed by atoms with Crippen molar-refractivity contribution in [3.8, 4) is 0 Å². The molecule has 1 unspecified atom stereocenters. The lowest BCUT2D eigenvalue weighted by atomic mass is 10.1. The topological polar surface area (TPSA) is 84.3 Å². The second-order valence-corrected chi connectivity index (χ2v) is 9.83. The maximum atomic E-state index is 12.4. The summed E-state index contributed by atoms with van der Waals surface area (Å²) in [5.74, 6) is 0.829. The van der Waals surface area contributed by atoms with Crippen molar-refractivity contribution >= 4 is 27.0 Å². The first-order chi connectivity index (χ1) is 13.7. The van der Waals surface area contributed by atoms with Gasteiger partial charge in [0.15, 0.2) is 0 Å². The van der Waals surface area contributed by atoms with Gasteiger partial charge in [0.2, 0.25) is 15.9 Å². The zero-order valence-corrected chi connectivity index (χ0v) is 19.1. The van der Waals surface area contributed by atoms with Gasteiger partial charge in [-0.2, -0.15) is 0 Å². The lowest BCUT2D eigenvalue weighted by molar-refractivity contribution is -0.121. The van der Waals surface area contributed by atoms with Crippen LogP contribution < -0.4 is 5.32 Å². The average molecular weight is 423 g/mol. The normalized spacial score (nSPS) is 13.2. The highest BCUT2D eigenvalue weighted by Gasteiger charge is 2.20. The van der Waals surface area contributed by atoms with Gasteiger partial charge in [0.1, 0.15) is 5.82 Å². The van der Waals surface area contributed by atoms with E-state index in [1.807, 2.05) is 18.4 Å². The molecule has 162 valence electrons. The molecule has 8 heteroatoms. The smallest absolute Gasteiger partial charge is 0.242 e. The Morgan fingerprint density at radius 3 is 2.59 bits per heavy atom. The van der Waals surface area contributed by atoms with Gasteiger partial charge < -0.3 is 9.88 Å². The zero-order chi connectivity index (χ0) is 21.6. The minimum absolute atomic E-state index is 0.0274. The van der Waals surface area contributed by atoms with Crippen molar-refractivity contribution in [3.63, 3.8) is 0 Å². The fourth-order valence-electron chi connectivity index (χ4n) is 3.42. The summed E-state index contributed by atoms with van der Waals surface area (Å²) < 4.78 is 28.0. The summed E-state index contributed by atoms with van der Waals surface area (Å²) in [7, 11) is -0.485. The molecule has 1 aromatic heterocycles. The van der Waals surface area contributed by atoms with Gasteiger partial charge in [-0.25, -0.2) is 17.7 Å². The highest BCUT2D eigenvalue weighted by Crippen LogP contribution is 2.22. The lowest BCUT2D eigenvalue weighted by Gasteiger charge is -2.13. The number of amides is 1. The monoisotopic (exact) mass is 422 g/mol. The van der Waals surface area contributed by atoms with Crippen molar-refractivity contribution in [2.24, 2.45) is 0 Å². The average Bonchev–Trinajstić information content (AvgIpc) is 3.03. The van der Waals surface area contributed by atoms with Crippen LogP contribution in [0.15, 0.2) is 23.1 Å². The van der Waals surface area contributed by atoms with E-state index in [4.69, 9.17) is 0 Å². The van der Waals surface area contributed by atoms with Crippen LogP contribution in [0, 0.1) is 0 Å². The Bertz CT molecular complexity index is 935. The number of aromatic nitrogens is 2. The standard InChI is InChI=1S/C21H34N4O3S/c1-6-8-9-10-16(3)22-21(26)14-13-20-23-18-15-17(29(27,28)24(4)5)11-12-19(18)25(20)7-2/h11-12,15-16H,6-10,13-14H2,1-5H3,(H,22,26). The van der Waals surface area contributed by atoms with E-state index in [-0.39, 0.29) is 16.8 Å². The first-order valence-electron chi connectivity index (χ1n) is 10.4. The first kappa shape index (κ1) is 23.3. The fraction of sp³-hybridized carbons (Fsp3) is 0.619. The van der Waals surface area contributed by atoms with Gasteiger partial charge in [0, 0.05) is 39.5 Å². The van der Waals surface area contributed by atoms with E-state index >= 15 is 0 Å². The predicted octanol–water partition coefficient (Wildman–Crippen LogP) is 3.32. The van der Waals surface area contributed by atoms with Crippen LogP contribution in [0.1, 0.15) is 58.7 Å². The van der Waals surface area contributed by atoms with Crippen molar-refractivity contribution in [1.29, 1.82) is 0 Å². The molecule has 0 aliphatic heterocycles. The van der Waals surface area contributed by atoms with Gasteiger partial charge in [-0.3, -0.25) is 4.79 Å². The Morgan fingerprint density at radius 1 is 1.24 bits per heavy atom. The first-order valence-corrected chi connectivity index (χ1v) is 11.9. The Hall–Kier alpha value is -1.93. The third-order valence-corrected chi connectivity index (χ3v) is 6.93. The maximum Gasteiger partial charge on any atom is 0.242 e. The molecule has 1 amide bonds. The van der Waals surface area contributed by atoms with Crippen molar-refractivity contribution in [1.82, 2.24) is 19.2 Å². The summed E-state index contributed by atoms with van der Waals surface area (Å²) in [6.07, 6.45) is 5.37. The summed E-state index contributed by atoms with van der Waals surface area (Å²) in [5, 5.41) is 3.06. The molecule has 29 heavy (non-hydrogen) atoms. The number of hydrogen-bond acceptors (Lipinski definition) is 4. The van der Waals surface area contributed by atoms with Crippen LogP contribution in [0.25, 0.3) is 11.0 Å². The van der Waals surface area contributed by atoms with Gasteiger partial charge in [-0.15, -0.1) is 0 Å². The number of imidazole rings is 1. The van der Waals surface area contributed by atoms with Gasteiger partial charge in [-0.05, 0) is 38.5 Å². The third kappa shape index (κ3) is 5.79. The van der Waals surface area contributed by atoms with E-state index in [1.54, 1.807) is 18.2 Å². The summed E-state index contributed by atoms with van der Waals surface area (Å²) in [5.41, 5.74) is 1.52. The molecule has 1 heterocycles. The molecule has 7 nitrogen and oxygen atoms in total. The fourth-order valence-corrected chi connectivity index (χ4v) is 4.34. The number of carbonyl (C=O) groups is 1. The number of aryl methyl sites for hydroxylation is 2. The van der Waals surface area contributed by atoms with Gasteiger partial charge >= 0.3 is 0 Å². The van der Waals surface area contributed by atoms with Gasteiger partial charge in [-0.1, -0.05) is 26.2 Å². The molecule has 0 saturated carbocycles. The van der Waals surface area contributed by atoms with Gasteiger partial charge in [0.05, 0.1) is 15.9 Å². The summed E-state index contributed by atoms with van der Waals surface area (Å²) in [4.78, 5) is 17.2. The largest absolute Gasteiger partial charge is 0.354 e. The number of sulfonamides is 1. The predicted molar refractivity (Wildman–Crippen MR) is 116 cm³/mol. The summed E-state index contributed by atoms with van der Waals surface area (Å²) in [6.45, 7) is 6.94. The van der Waals surface area contributed by atoms with Crippen LogP contribution in [0.5, 0.6) is 0 Å². The number of rotatable bonds is 11. The second-order valence-electron chi connectivity index (χ2n) is 7.67. The maximum absolute atomic E-state index is 12.4. The molecule has 0 fully saturated rings. The van der Waals surface area contributed by atoms with E-state index in [0.29, 0.717) is 24.9 Å². The minimum Gasteiger partial charge on any atom is -0.354 e. The highest BCUT2D eigenvalue weighted by atomic mass is 32.2. The number of carbonyl (C=O) groups excluding carboxylic acids is 1. The molecule has 0 aliphatic rings. The van der Waals surface area contributed by atoms with Crippen LogP contribution in [-0.4, -0.2) is 48.3 Å². The highest BCUT2D eigenvalue weighted by molar-refractivity contribution is 7.89. The molecule has 1 aromatic carbocycles. The van der Waals surface area contributed by atoms with Crippen LogP contribution in [0.2, 0.25) is 0 Å². The Morgan fingerprint density at radius 2 is 1.97 bits per heavy atom. The second kappa shape index (κ2) is 10.2. The molecule has 0 saturated heterocycles. The van der Waals surface area contributed by atoms with E-state index in [1.165, 1.54) is 31.2 Å². The van der Waals surface area contributed by atoms with Crippen molar-refractivity contribution in [2.75, 3.05) is 14.1 Å². The van der Waals surface area contributed by atoms with E-state index in [0.717, 1.165) is 24.2 Å². The zero-order valence-electron chi connectivity index (χ0n) is 18.2. The molecule has 2 rings (SSSR count). The van der Waals surface area contributed by atoms with E-state index in [2.05, 4.69) is 17.2 Å². The van der Waals surface area contributed by atoms with Crippen molar-refractivity contribution < 1.29 is 13.2 Å². The third-order valence-electron chi connectivity index (χ3n) is 5.12. The van der Waals surface area contributed by atoms with Crippen LogP contribution in [0.3, 0.4) is 0 Å². The Kier molecular flexibility index (Phi) is 8.22. The molecule has 2 aromatic rings. The number of nitrogens with one attached hydrogen (secondary N) is 1. The van der Waals surface area contributed by atoms with E-state index < -0.39 is 10.0 Å². The molecule has 0 bridgehead atoms.